The van der Waals surface area contributed by atoms with Crippen LogP contribution < -0.4 is 10.6 Å². The van der Waals surface area contributed by atoms with Crippen LogP contribution in [0.4, 0.5) is 0 Å². The second-order valence-corrected chi connectivity index (χ2v) is 9.13. The normalized spacial score (nSPS) is 17.4. The van der Waals surface area contributed by atoms with Crippen molar-refractivity contribution in [2.75, 3.05) is 12.3 Å². The maximum Gasteiger partial charge on any atom is 0.242 e. The molecule has 0 spiro atoms. The number of rotatable bonds is 7. The molecule has 0 saturated carbocycles. The third-order valence-electron chi connectivity index (χ3n) is 4.72. The van der Waals surface area contributed by atoms with Gasteiger partial charge in [0, 0.05) is 16.8 Å². The van der Waals surface area contributed by atoms with Crippen molar-refractivity contribution in [1.29, 1.82) is 0 Å². The number of carbonyl (C=O) groups excluding carboxylic acids is 2. The second kappa shape index (κ2) is 9.01. The molecule has 2 aromatic heterocycles. The van der Waals surface area contributed by atoms with E-state index in [1.807, 2.05) is 6.92 Å². The lowest BCUT2D eigenvalue weighted by Crippen LogP contribution is -2.45. The number of nitrogens with zero attached hydrogens (tertiary/aromatic N) is 2. The lowest BCUT2D eigenvalue weighted by molar-refractivity contribution is -0.127. The predicted molar refractivity (Wildman–Crippen MR) is 110 cm³/mol. The van der Waals surface area contributed by atoms with Gasteiger partial charge >= 0.3 is 0 Å². The number of thiophene rings is 1. The maximum absolute atomic E-state index is 12.3. The monoisotopic (exact) mass is 406 g/mol. The van der Waals surface area contributed by atoms with E-state index in [0.717, 1.165) is 34.5 Å². The lowest BCUT2D eigenvalue weighted by atomic mass is 9.89. The maximum atomic E-state index is 12.3. The van der Waals surface area contributed by atoms with E-state index in [2.05, 4.69) is 27.5 Å². The first-order valence-electron chi connectivity index (χ1n) is 9.44. The van der Waals surface area contributed by atoms with Gasteiger partial charge in [0.25, 0.3) is 0 Å². The van der Waals surface area contributed by atoms with E-state index in [1.165, 1.54) is 28.6 Å². The van der Waals surface area contributed by atoms with Crippen LogP contribution in [0.1, 0.15) is 44.1 Å². The molecule has 2 amide bonds. The van der Waals surface area contributed by atoms with E-state index in [4.69, 9.17) is 0 Å². The summed E-state index contributed by atoms with van der Waals surface area (Å²) < 4.78 is 0. The minimum Gasteiger partial charge on any atom is -0.354 e. The van der Waals surface area contributed by atoms with E-state index in [1.54, 1.807) is 24.6 Å². The fourth-order valence-corrected chi connectivity index (χ4v) is 5.49. The molecule has 2 aromatic rings. The molecule has 8 heteroatoms. The van der Waals surface area contributed by atoms with Crippen LogP contribution in [0.5, 0.6) is 0 Å². The van der Waals surface area contributed by atoms with Crippen molar-refractivity contribution in [3.05, 3.63) is 16.8 Å². The van der Waals surface area contributed by atoms with Gasteiger partial charge in [-0.15, -0.1) is 11.3 Å². The van der Waals surface area contributed by atoms with E-state index in [-0.39, 0.29) is 17.6 Å². The third-order valence-corrected chi connectivity index (χ3v) is 6.87. The first kappa shape index (κ1) is 20.1. The minimum absolute atomic E-state index is 0.152. The lowest BCUT2D eigenvalue weighted by Gasteiger charge is -2.18. The van der Waals surface area contributed by atoms with Crippen LogP contribution in [0.15, 0.2) is 11.4 Å². The van der Waals surface area contributed by atoms with Crippen molar-refractivity contribution in [3.63, 3.8) is 0 Å². The molecular formula is C19H26N4O2S2. The molecule has 0 fully saturated rings. The van der Waals surface area contributed by atoms with Crippen molar-refractivity contribution >= 4 is 45.1 Å². The van der Waals surface area contributed by atoms with Gasteiger partial charge in [-0.1, -0.05) is 25.6 Å². The summed E-state index contributed by atoms with van der Waals surface area (Å²) in [5.74, 6) is 0.628. The topological polar surface area (TPSA) is 84.0 Å². The summed E-state index contributed by atoms with van der Waals surface area (Å²) in [4.78, 5) is 35.4. The Kier molecular flexibility index (Phi) is 6.70. The zero-order valence-corrected chi connectivity index (χ0v) is 17.6. The number of aromatic nitrogens is 2. The van der Waals surface area contributed by atoms with Crippen LogP contribution in [0, 0.1) is 5.92 Å². The minimum atomic E-state index is -0.537. The number of fused-ring (bicyclic) bond motifs is 3. The molecule has 27 heavy (non-hydrogen) atoms. The highest BCUT2D eigenvalue weighted by Gasteiger charge is 2.23. The molecule has 0 radical (unpaired) electrons. The number of hydrogen-bond acceptors (Lipinski definition) is 6. The Bertz CT molecular complexity index is 836. The van der Waals surface area contributed by atoms with Gasteiger partial charge in [-0.25, -0.2) is 9.97 Å². The molecular weight excluding hydrogens is 380 g/mol. The summed E-state index contributed by atoms with van der Waals surface area (Å²) in [7, 11) is 0. The first-order valence-corrected chi connectivity index (χ1v) is 11.2. The highest BCUT2D eigenvalue weighted by atomic mass is 32.2. The van der Waals surface area contributed by atoms with Crippen molar-refractivity contribution in [3.8, 4) is 0 Å². The molecule has 1 aliphatic carbocycles. The van der Waals surface area contributed by atoms with Gasteiger partial charge in [0.2, 0.25) is 11.8 Å². The number of carbonyl (C=O) groups is 2. The molecule has 2 heterocycles. The predicted octanol–water partition coefficient (Wildman–Crippen LogP) is 2.94. The van der Waals surface area contributed by atoms with Gasteiger partial charge in [-0.3, -0.25) is 9.59 Å². The summed E-state index contributed by atoms with van der Waals surface area (Å²) in [6.07, 6.45) is 5.79. The van der Waals surface area contributed by atoms with Gasteiger partial charge in [0.05, 0.1) is 5.75 Å². The van der Waals surface area contributed by atoms with Gasteiger partial charge in [-0.2, -0.15) is 0 Å². The zero-order valence-electron chi connectivity index (χ0n) is 16.0. The van der Waals surface area contributed by atoms with Gasteiger partial charge in [-0.05, 0) is 44.1 Å². The molecule has 0 unspecified atom stereocenters. The molecule has 1 aliphatic rings. The highest BCUT2D eigenvalue weighted by molar-refractivity contribution is 8.00. The van der Waals surface area contributed by atoms with Gasteiger partial charge in [0.15, 0.2) is 0 Å². The molecule has 0 saturated heterocycles. The molecule has 0 aliphatic heterocycles. The summed E-state index contributed by atoms with van der Waals surface area (Å²) in [5, 5.41) is 7.53. The molecule has 0 aromatic carbocycles. The largest absolute Gasteiger partial charge is 0.354 e. The summed E-state index contributed by atoms with van der Waals surface area (Å²) in [6.45, 7) is 6.60. The summed E-state index contributed by atoms with van der Waals surface area (Å²) >= 11 is 3.18. The standard InChI is InChI=1S/C19H26N4O2S2/c1-4-7-20-17(25)12(3)23-15(24)9-26-18-16-13-6-5-11(2)8-14(13)27-19(16)22-10-21-18/h10-12H,4-9H2,1-3H3,(H,20,25)(H,23,24)/t11-,12+/m0/s1. The number of amides is 2. The number of nitrogens with one attached hydrogen (secondary N) is 2. The van der Waals surface area contributed by atoms with Gasteiger partial charge < -0.3 is 10.6 Å². The van der Waals surface area contributed by atoms with Crippen molar-refractivity contribution in [1.82, 2.24) is 20.6 Å². The fraction of sp³-hybridized carbons (Fsp3) is 0.579. The molecule has 2 N–H and O–H groups in total. The molecule has 0 bridgehead atoms. The third kappa shape index (κ3) is 4.79. The zero-order chi connectivity index (χ0) is 19.4. The Morgan fingerprint density at radius 3 is 3.00 bits per heavy atom. The highest BCUT2D eigenvalue weighted by Crippen LogP contribution is 2.40. The number of thioether (sulfide) groups is 1. The van der Waals surface area contributed by atoms with E-state index >= 15 is 0 Å². The second-order valence-electron chi connectivity index (χ2n) is 7.08. The Morgan fingerprint density at radius 2 is 2.22 bits per heavy atom. The average molecular weight is 407 g/mol. The van der Waals surface area contributed by atoms with E-state index < -0.39 is 6.04 Å². The summed E-state index contributed by atoms with van der Waals surface area (Å²) in [5.41, 5.74) is 1.36. The first-order chi connectivity index (χ1) is 13.0. The molecule has 146 valence electrons. The van der Waals surface area contributed by atoms with Crippen molar-refractivity contribution in [2.24, 2.45) is 5.92 Å². The fourth-order valence-electron chi connectivity index (χ4n) is 3.24. The molecule has 6 nitrogen and oxygen atoms in total. The molecule has 2 atom stereocenters. The van der Waals surface area contributed by atoms with Crippen LogP contribution in [0.25, 0.3) is 10.2 Å². The number of hydrogen-bond donors (Lipinski definition) is 2. The SMILES string of the molecule is CCCNC(=O)[C@@H](C)NC(=O)CSc1ncnc2sc3c(c12)CC[C@H](C)C3. The van der Waals surface area contributed by atoms with Crippen LogP contribution >= 0.6 is 23.1 Å². The van der Waals surface area contributed by atoms with Crippen molar-refractivity contribution < 1.29 is 9.59 Å². The molecule has 3 rings (SSSR count). The quantitative estimate of drug-likeness (QED) is 0.546. The Labute approximate surface area is 167 Å². The van der Waals surface area contributed by atoms with Crippen molar-refractivity contribution in [2.45, 2.75) is 57.5 Å². The Morgan fingerprint density at radius 1 is 1.41 bits per heavy atom. The smallest absolute Gasteiger partial charge is 0.242 e. The number of aryl methyl sites for hydroxylation is 1. The average Bonchev–Trinajstić information content (AvgIpc) is 3.02. The van der Waals surface area contributed by atoms with Gasteiger partial charge in [0.1, 0.15) is 22.2 Å². The van der Waals surface area contributed by atoms with E-state index in [0.29, 0.717) is 12.5 Å². The summed E-state index contributed by atoms with van der Waals surface area (Å²) in [6, 6.07) is -0.537. The Balaban J connectivity index is 1.65. The Hall–Kier alpha value is -1.67. The van der Waals surface area contributed by atoms with E-state index in [9.17, 15) is 9.59 Å². The van der Waals surface area contributed by atoms with Crippen LogP contribution in [0.2, 0.25) is 0 Å². The van der Waals surface area contributed by atoms with Crippen LogP contribution in [-0.2, 0) is 22.4 Å². The van der Waals surface area contributed by atoms with Crippen LogP contribution in [0.3, 0.4) is 0 Å². The van der Waals surface area contributed by atoms with Crippen LogP contribution in [-0.4, -0.2) is 40.1 Å².